The van der Waals surface area contributed by atoms with Crippen LogP contribution in [-0.2, 0) is 20.0 Å². The number of carbonyl (C=O) groups is 2. The number of carboxylic acids is 1. The van der Waals surface area contributed by atoms with E-state index in [2.05, 4.69) is 0 Å². The topological polar surface area (TPSA) is 181 Å². The molecule has 0 saturated heterocycles. The molecule has 0 fully saturated rings. The van der Waals surface area contributed by atoms with Gasteiger partial charge in [0, 0.05) is 6.42 Å². The fourth-order valence-corrected chi connectivity index (χ4v) is 0.421. The molecule has 0 rings (SSSR count). The van der Waals surface area contributed by atoms with Crippen LogP contribution in [-0.4, -0.2) is 40.5 Å². The third-order valence-electron chi connectivity index (χ3n) is 1.02. The Hall–Kier alpha value is -1.23. The van der Waals surface area contributed by atoms with Gasteiger partial charge in [-0.15, -0.1) is 0 Å². The van der Waals surface area contributed by atoms with Crippen LogP contribution in [0.5, 0.6) is 0 Å². The fourth-order valence-electron chi connectivity index (χ4n) is 0.421. The summed E-state index contributed by atoms with van der Waals surface area (Å²) in [5, 5.41) is 8.22. The van der Waals surface area contributed by atoms with Crippen LogP contribution in [0.2, 0.25) is 0 Å². The predicted octanol–water partition coefficient (Wildman–Crippen LogP) is -1.99. The molecule has 0 radical (unpaired) electrons. The Morgan fingerprint density at radius 3 is 1.80 bits per heavy atom. The number of amides is 1. The third kappa shape index (κ3) is 24.5. The molecule has 0 heterocycles. The molecule has 1 unspecified atom stereocenters. The molecule has 0 saturated carbocycles. The summed E-state index contributed by atoms with van der Waals surface area (Å²) in [6, 6.07) is -0.979. The zero-order chi connectivity index (χ0) is 12.6. The maximum Gasteiger partial charge on any atom is 0.394 e. The third-order valence-corrected chi connectivity index (χ3v) is 1.02. The Morgan fingerprint density at radius 1 is 1.27 bits per heavy atom. The summed E-state index contributed by atoms with van der Waals surface area (Å²) in [4.78, 5) is 20.1. The Labute approximate surface area is 85.6 Å². The van der Waals surface area contributed by atoms with Crippen molar-refractivity contribution in [2.45, 2.75) is 18.9 Å². The standard InChI is InChI=1S/C5H10N2O3.H2O4S/c6-3(5(9)10)1-2-4(7)8;1-5(2,3)4/h3H,1-2,6H2,(H2,7,8)(H,9,10);(H2,1,2,3,4). The minimum Gasteiger partial charge on any atom is -0.480 e. The highest BCUT2D eigenvalue weighted by atomic mass is 32.3. The molecule has 0 aromatic rings. The Balaban J connectivity index is 0. The molecule has 0 aliphatic heterocycles. The fraction of sp³-hybridized carbons (Fsp3) is 0.600. The highest BCUT2D eigenvalue weighted by Gasteiger charge is 2.11. The molecular formula is C5H12N2O7S. The van der Waals surface area contributed by atoms with Gasteiger partial charge in [-0.25, -0.2) is 0 Å². The molecule has 1 atom stereocenters. The summed E-state index contributed by atoms with van der Waals surface area (Å²) in [5.74, 6) is -1.64. The van der Waals surface area contributed by atoms with Crippen LogP contribution in [0, 0.1) is 0 Å². The lowest BCUT2D eigenvalue weighted by atomic mass is 10.2. The van der Waals surface area contributed by atoms with Crippen LogP contribution in [0.15, 0.2) is 0 Å². The lowest BCUT2D eigenvalue weighted by Crippen LogP contribution is -2.31. The van der Waals surface area contributed by atoms with E-state index in [0.29, 0.717) is 0 Å². The van der Waals surface area contributed by atoms with E-state index in [1.54, 1.807) is 0 Å². The largest absolute Gasteiger partial charge is 0.480 e. The number of carbonyl (C=O) groups excluding carboxylic acids is 1. The molecule has 0 bridgehead atoms. The molecule has 1 amide bonds. The van der Waals surface area contributed by atoms with Gasteiger partial charge in [-0.2, -0.15) is 8.42 Å². The van der Waals surface area contributed by atoms with Crippen molar-refractivity contribution in [2.24, 2.45) is 11.5 Å². The quantitative estimate of drug-likeness (QED) is 0.352. The van der Waals surface area contributed by atoms with Crippen LogP contribution < -0.4 is 11.5 Å². The van der Waals surface area contributed by atoms with Gasteiger partial charge in [0.15, 0.2) is 0 Å². The van der Waals surface area contributed by atoms with E-state index in [-0.39, 0.29) is 12.8 Å². The molecule has 15 heavy (non-hydrogen) atoms. The normalized spacial score (nSPS) is 12.2. The second kappa shape index (κ2) is 7.11. The van der Waals surface area contributed by atoms with Gasteiger partial charge < -0.3 is 16.6 Å². The number of rotatable bonds is 4. The highest BCUT2D eigenvalue weighted by molar-refractivity contribution is 7.79. The second-order valence-electron chi connectivity index (χ2n) is 2.40. The summed E-state index contributed by atoms with van der Waals surface area (Å²) in [7, 11) is -4.67. The average Bonchev–Trinajstić information content (AvgIpc) is 1.96. The smallest absolute Gasteiger partial charge is 0.394 e. The van der Waals surface area contributed by atoms with Gasteiger partial charge in [-0.3, -0.25) is 18.7 Å². The van der Waals surface area contributed by atoms with Crippen LogP contribution in [0.3, 0.4) is 0 Å². The van der Waals surface area contributed by atoms with Gasteiger partial charge in [0.1, 0.15) is 6.04 Å². The molecule has 0 aliphatic carbocycles. The first-order valence-corrected chi connectivity index (χ1v) is 4.90. The average molecular weight is 244 g/mol. The molecule has 90 valence electrons. The van der Waals surface area contributed by atoms with Crippen LogP contribution in [0.1, 0.15) is 12.8 Å². The van der Waals surface area contributed by atoms with E-state index in [4.69, 9.17) is 34.1 Å². The van der Waals surface area contributed by atoms with E-state index in [1.165, 1.54) is 0 Å². The van der Waals surface area contributed by atoms with Gasteiger partial charge in [0.25, 0.3) is 0 Å². The van der Waals surface area contributed by atoms with Crippen molar-refractivity contribution >= 4 is 22.3 Å². The van der Waals surface area contributed by atoms with Gasteiger partial charge in [-0.05, 0) is 6.42 Å². The molecular weight excluding hydrogens is 232 g/mol. The van der Waals surface area contributed by atoms with Gasteiger partial charge in [-0.1, -0.05) is 0 Å². The first kappa shape index (κ1) is 16.2. The Kier molecular flexibility index (Phi) is 7.69. The van der Waals surface area contributed by atoms with Crippen LogP contribution in [0.4, 0.5) is 0 Å². The van der Waals surface area contributed by atoms with Crippen molar-refractivity contribution in [3.8, 4) is 0 Å². The maximum atomic E-state index is 10.1. The minimum atomic E-state index is -4.67. The number of aliphatic carboxylic acids is 1. The molecule has 7 N–H and O–H groups in total. The van der Waals surface area contributed by atoms with Crippen molar-refractivity contribution in [3.05, 3.63) is 0 Å². The number of hydrogen-bond acceptors (Lipinski definition) is 5. The van der Waals surface area contributed by atoms with Crippen LogP contribution in [0.25, 0.3) is 0 Å². The van der Waals surface area contributed by atoms with E-state index in [0.717, 1.165) is 0 Å². The van der Waals surface area contributed by atoms with Crippen molar-refractivity contribution in [2.75, 3.05) is 0 Å². The molecule has 0 aromatic carbocycles. The van der Waals surface area contributed by atoms with Gasteiger partial charge >= 0.3 is 16.4 Å². The summed E-state index contributed by atoms with van der Waals surface area (Å²) >= 11 is 0. The van der Waals surface area contributed by atoms with Crippen molar-refractivity contribution in [1.29, 1.82) is 0 Å². The second-order valence-corrected chi connectivity index (χ2v) is 3.29. The van der Waals surface area contributed by atoms with Gasteiger partial charge in [0.05, 0.1) is 0 Å². The van der Waals surface area contributed by atoms with Gasteiger partial charge in [0.2, 0.25) is 5.91 Å². The SMILES string of the molecule is NC(=O)CCC(N)C(=O)O.O=S(=O)(O)O. The summed E-state index contributed by atoms with van der Waals surface area (Å²) < 4.78 is 31.6. The molecule has 0 aliphatic rings. The lowest BCUT2D eigenvalue weighted by Gasteiger charge is -2.01. The molecule has 9 nitrogen and oxygen atoms in total. The van der Waals surface area contributed by atoms with E-state index in [1.807, 2.05) is 0 Å². The van der Waals surface area contributed by atoms with E-state index < -0.39 is 28.3 Å². The van der Waals surface area contributed by atoms with E-state index in [9.17, 15) is 9.59 Å². The first-order chi connectivity index (χ1) is 6.54. The summed E-state index contributed by atoms with van der Waals surface area (Å²) in [5.41, 5.74) is 9.81. The van der Waals surface area contributed by atoms with Crippen molar-refractivity contribution < 1.29 is 32.2 Å². The Bertz CT molecular complexity index is 303. The highest BCUT2D eigenvalue weighted by Crippen LogP contribution is 1.92. The summed E-state index contributed by atoms with van der Waals surface area (Å²) in [6.07, 6.45) is 0.123. The zero-order valence-electron chi connectivity index (χ0n) is 7.53. The lowest BCUT2D eigenvalue weighted by molar-refractivity contribution is -0.138. The molecule has 10 heteroatoms. The molecule has 0 aromatic heterocycles. The Morgan fingerprint density at radius 2 is 1.60 bits per heavy atom. The van der Waals surface area contributed by atoms with Crippen LogP contribution >= 0.6 is 0 Å². The number of hydrogen-bond donors (Lipinski definition) is 5. The summed E-state index contributed by atoms with van der Waals surface area (Å²) in [6.45, 7) is 0. The van der Waals surface area contributed by atoms with Crippen molar-refractivity contribution in [1.82, 2.24) is 0 Å². The monoisotopic (exact) mass is 244 g/mol. The van der Waals surface area contributed by atoms with Crippen molar-refractivity contribution in [3.63, 3.8) is 0 Å². The number of nitrogens with two attached hydrogens (primary N) is 2. The number of primary amides is 1. The predicted molar refractivity (Wildman–Crippen MR) is 48.2 cm³/mol. The molecule has 0 spiro atoms. The minimum absolute atomic E-state index is 0.0213. The zero-order valence-corrected chi connectivity index (χ0v) is 8.35. The number of carboxylic acid groups (broad SMARTS) is 1. The first-order valence-electron chi connectivity index (χ1n) is 3.50. The maximum absolute atomic E-state index is 10.1. The van der Waals surface area contributed by atoms with E-state index >= 15 is 0 Å².